The van der Waals surface area contributed by atoms with Gasteiger partial charge in [-0.05, 0) is 30.2 Å². The molecule has 0 aliphatic rings. The van der Waals surface area contributed by atoms with E-state index < -0.39 is 29.6 Å². The van der Waals surface area contributed by atoms with Gasteiger partial charge in [0.2, 0.25) is 0 Å². The predicted molar refractivity (Wildman–Crippen MR) is 110 cm³/mol. The highest BCUT2D eigenvalue weighted by Gasteiger charge is 2.25. The van der Waals surface area contributed by atoms with Crippen molar-refractivity contribution in [3.63, 3.8) is 0 Å². The van der Waals surface area contributed by atoms with Gasteiger partial charge in [0.15, 0.2) is 4.84 Å². The van der Waals surface area contributed by atoms with Crippen molar-refractivity contribution in [3.8, 4) is 11.1 Å². The molecule has 2 unspecified atom stereocenters. The summed E-state index contributed by atoms with van der Waals surface area (Å²) in [6.45, 7) is -0.157. The van der Waals surface area contributed by atoms with Gasteiger partial charge in [0.25, 0.3) is 5.91 Å². The van der Waals surface area contributed by atoms with Crippen LogP contribution in [0.25, 0.3) is 11.1 Å². The molecule has 1 aromatic carbocycles. The lowest BCUT2D eigenvalue weighted by atomic mass is 9.99. The molecule has 2 rings (SSSR count). The van der Waals surface area contributed by atoms with E-state index in [4.69, 9.17) is 23.2 Å². The third-order valence-corrected chi connectivity index (χ3v) is 4.67. The van der Waals surface area contributed by atoms with Gasteiger partial charge >= 0.3 is 0 Å². The number of nitrogens with zero attached hydrogens (tertiary/aromatic N) is 1. The molecule has 29 heavy (non-hydrogen) atoms. The van der Waals surface area contributed by atoms with Crippen molar-refractivity contribution in [3.05, 3.63) is 53.9 Å². The molecular weight excluding hydrogens is 423 g/mol. The van der Waals surface area contributed by atoms with Crippen LogP contribution in [0.2, 0.25) is 0 Å². The largest absolute Gasteiger partial charge is 0.386 e. The molecule has 1 amide bonds. The Hall–Kier alpha value is -1.80. The fourth-order valence-corrected chi connectivity index (χ4v) is 2.79. The number of nitrogens with one attached hydrogen (secondary N) is 2. The summed E-state index contributed by atoms with van der Waals surface area (Å²) < 4.78 is 25.3. The first-order valence-corrected chi connectivity index (χ1v) is 9.98. The number of aliphatic hydroxyl groups excluding tert-OH is 1. The summed E-state index contributed by atoms with van der Waals surface area (Å²) >= 11 is 10.9. The van der Waals surface area contributed by atoms with Crippen LogP contribution in [0.3, 0.4) is 0 Å². The van der Waals surface area contributed by atoms with Crippen molar-refractivity contribution < 1.29 is 18.7 Å². The first-order chi connectivity index (χ1) is 14.0. The lowest BCUT2D eigenvalue weighted by molar-refractivity contribution is -0.121. The van der Waals surface area contributed by atoms with E-state index in [1.54, 1.807) is 30.5 Å². The summed E-state index contributed by atoms with van der Waals surface area (Å²) in [6.07, 6.45) is 0.950. The highest BCUT2D eigenvalue weighted by molar-refractivity contribution is 6.53. The van der Waals surface area contributed by atoms with E-state index in [9.17, 15) is 18.7 Å². The van der Waals surface area contributed by atoms with Gasteiger partial charge in [0, 0.05) is 18.3 Å². The molecule has 0 spiro atoms. The average molecular weight is 446 g/mol. The minimum Gasteiger partial charge on any atom is -0.386 e. The summed E-state index contributed by atoms with van der Waals surface area (Å²) in [5.41, 5.74) is 3.03. The van der Waals surface area contributed by atoms with Crippen LogP contribution in [-0.2, 0) is 11.3 Å². The molecule has 1 aromatic heterocycles. The van der Waals surface area contributed by atoms with Gasteiger partial charge in [-0.3, -0.25) is 14.2 Å². The van der Waals surface area contributed by atoms with Crippen LogP contribution in [0.15, 0.2) is 42.6 Å². The predicted octanol–water partition coefficient (Wildman–Crippen LogP) is 3.49. The average Bonchev–Trinajstić information content (AvgIpc) is 2.75. The Kier molecular flexibility index (Phi) is 9.73. The van der Waals surface area contributed by atoms with E-state index in [0.717, 1.165) is 16.8 Å². The molecule has 0 saturated heterocycles. The zero-order valence-electron chi connectivity index (χ0n) is 15.6. The maximum Gasteiger partial charge on any atom is 0.253 e. The summed E-state index contributed by atoms with van der Waals surface area (Å²) in [5.74, 6) is -0.767. The second-order valence-corrected chi connectivity index (χ2v) is 7.49. The zero-order chi connectivity index (χ0) is 21.2. The number of carbonyl (C=O) groups is 1. The van der Waals surface area contributed by atoms with Crippen LogP contribution in [0, 0.1) is 0 Å². The van der Waals surface area contributed by atoms with Crippen LogP contribution in [-0.4, -0.2) is 46.8 Å². The summed E-state index contributed by atoms with van der Waals surface area (Å²) in [4.78, 5) is 14.6. The molecule has 2 aromatic rings. The van der Waals surface area contributed by atoms with Crippen molar-refractivity contribution in [1.82, 2.24) is 15.6 Å². The second kappa shape index (κ2) is 12.0. The van der Waals surface area contributed by atoms with Gasteiger partial charge in [0.1, 0.15) is 12.8 Å². The van der Waals surface area contributed by atoms with E-state index in [2.05, 4.69) is 15.6 Å². The molecule has 0 radical (unpaired) electrons. The van der Waals surface area contributed by atoms with Crippen molar-refractivity contribution in [2.45, 2.75) is 29.9 Å². The number of rotatable bonds is 11. The normalized spacial score (nSPS) is 13.3. The molecule has 0 aliphatic heterocycles. The topological polar surface area (TPSA) is 74.2 Å². The van der Waals surface area contributed by atoms with Gasteiger partial charge in [-0.2, -0.15) is 0 Å². The van der Waals surface area contributed by atoms with E-state index in [-0.39, 0.29) is 6.67 Å². The Labute approximate surface area is 178 Å². The third-order valence-electron chi connectivity index (χ3n) is 4.28. The number of hydrogen-bond acceptors (Lipinski definition) is 4. The number of pyridine rings is 1. The molecule has 3 N–H and O–H groups in total. The van der Waals surface area contributed by atoms with Crippen LogP contribution in [0.1, 0.15) is 23.8 Å². The Bertz CT molecular complexity index is 761. The summed E-state index contributed by atoms with van der Waals surface area (Å²) in [6, 6.07) is 9.50. The first-order valence-electron chi connectivity index (χ1n) is 9.10. The maximum absolute atomic E-state index is 13.2. The minimum absolute atomic E-state index is 0.345. The number of amides is 1. The first kappa shape index (κ1) is 23.5. The van der Waals surface area contributed by atoms with Crippen LogP contribution in [0.4, 0.5) is 8.78 Å². The second-order valence-electron chi connectivity index (χ2n) is 6.39. The summed E-state index contributed by atoms with van der Waals surface area (Å²) in [5, 5.41) is 15.7. The number of halogens is 4. The molecule has 5 nitrogen and oxygen atoms in total. The minimum atomic E-state index is -1.34. The van der Waals surface area contributed by atoms with Crippen LogP contribution >= 0.6 is 23.2 Å². The van der Waals surface area contributed by atoms with Gasteiger partial charge < -0.3 is 15.7 Å². The SMILES string of the molecule is O=C(NC(CF)C(O)c1ccc(-c2ccc(CNCCCF)nc2)cc1)C(Cl)Cl. The molecule has 0 aliphatic carbocycles. The van der Waals surface area contributed by atoms with E-state index in [0.29, 0.717) is 25.1 Å². The highest BCUT2D eigenvalue weighted by atomic mass is 35.5. The molecular formula is C20H23Cl2F2N3O2. The number of aliphatic hydroxyl groups is 1. The quantitative estimate of drug-likeness (QED) is 0.365. The summed E-state index contributed by atoms with van der Waals surface area (Å²) in [7, 11) is 0. The Morgan fingerprint density at radius 2 is 1.79 bits per heavy atom. The standard InChI is InChI=1S/C20H23Cl2F2N3O2/c21-19(22)20(29)27-17(10-24)18(28)14-4-2-13(3-5-14)15-6-7-16(26-11-15)12-25-9-1-8-23/h2-7,11,17-19,25,28H,1,8-10,12H2,(H,27,29). The van der Waals surface area contributed by atoms with E-state index >= 15 is 0 Å². The molecule has 2 atom stereocenters. The zero-order valence-corrected chi connectivity index (χ0v) is 17.1. The lowest BCUT2D eigenvalue weighted by Crippen LogP contribution is -2.43. The molecule has 9 heteroatoms. The van der Waals surface area contributed by atoms with Crippen molar-refractivity contribution >= 4 is 29.1 Å². The maximum atomic E-state index is 13.2. The number of hydrogen-bond donors (Lipinski definition) is 3. The van der Waals surface area contributed by atoms with Crippen molar-refractivity contribution in [1.29, 1.82) is 0 Å². The number of carbonyl (C=O) groups excluding carboxylic acids is 1. The Morgan fingerprint density at radius 1 is 1.10 bits per heavy atom. The molecule has 0 saturated carbocycles. The Morgan fingerprint density at radius 3 is 2.34 bits per heavy atom. The fourth-order valence-electron chi connectivity index (χ4n) is 2.66. The lowest BCUT2D eigenvalue weighted by Gasteiger charge is -2.22. The molecule has 0 fully saturated rings. The van der Waals surface area contributed by atoms with E-state index in [1.165, 1.54) is 0 Å². The van der Waals surface area contributed by atoms with Gasteiger partial charge in [-0.15, -0.1) is 0 Å². The van der Waals surface area contributed by atoms with Gasteiger partial charge in [0.05, 0.1) is 18.4 Å². The molecule has 158 valence electrons. The number of benzene rings is 1. The molecule has 0 bridgehead atoms. The van der Waals surface area contributed by atoms with Gasteiger partial charge in [-0.1, -0.05) is 53.5 Å². The van der Waals surface area contributed by atoms with Crippen molar-refractivity contribution in [2.75, 3.05) is 19.9 Å². The Balaban J connectivity index is 2.00. The smallest absolute Gasteiger partial charge is 0.253 e. The highest BCUT2D eigenvalue weighted by Crippen LogP contribution is 2.24. The fraction of sp³-hybridized carbons (Fsp3) is 0.400. The van der Waals surface area contributed by atoms with Crippen molar-refractivity contribution in [2.24, 2.45) is 0 Å². The van der Waals surface area contributed by atoms with Crippen LogP contribution < -0.4 is 10.6 Å². The van der Waals surface area contributed by atoms with Gasteiger partial charge in [-0.25, -0.2) is 4.39 Å². The molecule has 1 heterocycles. The number of alkyl halides is 4. The van der Waals surface area contributed by atoms with E-state index in [1.807, 2.05) is 12.1 Å². The van der Waals surface area contributed by atoms with Crippen LogP contribution in [0.5, 0.6) is 0 Å². The number of aromatic nitrogens is 1. The monoisotopic (exact) mass is 445 g/mol. The third kappa shape index (κ3) is 7.19.